The Bertz CT molecular complexity index is 894. The minimum absolute atomic E-state index is 0.286. The number of pyridine rings is 1. The molecule has 0 unspecified atom stereocenters. The molecular formula is C19H16BrNO3. The third-order valence-electron chi connectivity index (χ3n) is 3.65. The lowest BCUT2D eigenvalue weighted by atomic mass is 10.00. The molecule has 0 bridgehead atoms. The average molecular weight is 386 g/mol. The van der Waals surface area contributed by atoms with Gasteiger partial charge in [0.05, 0.1) is 19.2 Å². The van der Waals surface area contributed by atoms with Gasteiger partial charge in [0.1, 0.15) is 11.4 Å². The van der Waals surface area contributed by atoms with Crippen LogP contribution in [0.2, 0.25) is 0 Å². The summed E-state index contributed by atoms with van der Waals surface area (Å²) in [4.78, 5) is 16.7. The molecule has 3 rings (SSSR count). The number of rotatable bonds is 4. The van der Waals surface area contributed by atoms with Crippen molar-refractivity contribution < 1.29 is 14.3 Å². The lowest BCUT2D eigenvalue weighted by Gasteiger charge is -2.12. The summed E-state index contributed by atoms with van der Waals surface area (Å²) in [6.07, 6.45) is 0. The Hall–Kier alpha value is -2.40. The summed E-state index contributed by atoms with van der Waals surface area (Å²) in [5.74, 6) is 0.288. The van der Waals surface area contributed by atoms with Crippen LogP contribution in [0.15, 0.2) is 53.0 Å². The van der Waals surface area contributed by atoms with E-state index in [1.807, 2.05) is 42.5 Å². The summed E-state index contributed by atoms with van der Waals surface area (Å²) in [6, 6.07) is 15.4. The maximum atomic E-state index is 12.2. The van der Waals surface area contributed by atoms with Crippen LogP contribution in [-0.2, 0) is 4.74 Å². The van der Waals surface area contributed by atoms with Crippen molar-refractivity contribution in [1.82, 2.24) is 4.98 Å². The van der Waals surface area contributed by atoms with Crippen LogP contribution in [-0.4, -0.2) is 24.7 Å². The number of aromatic nitrogens is 1. The number of carbonyl (C=O) groups is 1. The molecule has 24 heavy (non-hydrogen) atoms. The Morgan fingerprint density at radius 1 is 1.17 bits per heavy atom. The predicted molar refractivity (Wildman–Crippen MR) is 97.4 cm³/mol. The number of hydrogen-bond donors (Lipinski definition) is 0. The Kier molecular flexibility index (Phi) is 4.81. The number of ether oxygens (including phenoxy) is 2. The molecule has 0 aliphatic heterocycles. The van der Waals surface area contributed by atoms with E-state index >= 15 is 0 Å². The number of halogens is 1. The molecule has 2 aromatic carbocycles. The van der Waals surface area contributed by atoms with E-state index in [2.05, 4.69) is 20.9 Å². The third-order valence-corrected chi connectivity index (χ3v) is 4.25. The first-order chi connectivity index (χ1) is 11.6. The second kappa shape index (κ2) is 7.01. The van der Waals surface area contributed by atoms with Gasteiger partial charge < -0.3 is 9.47 Å². The first-order valence-corrected chi connectivity index (χ1v) is 8.34. The number of nitrogens with zero attached hydrogens (tertiary/aromatic N) is 1. The second-order valence-corrected chi connectivity index (χ2v) is 6.00. The highest BCUT2D eigenvalue weighted by Gasteiger charge is 2.16. The SMILES string of the molecule is CCOC(=O)c1cc(-c2ccccc2)c2cc(OC)cc(Br)c2n1. The fraction of sp³-hybridized carbons (Fsp3) is 0.158. The van der Waals surface area contributed by atoms with E-state index in [0.29, 0.717) is 12.1 Å². The van der Waals surface area contributed by atoms with Crippen molar-refractivity contribution in [2.45, 2.75) is 6.92 Å². The molecule has 5 heteroatoms. The topological polar surface area (TPSA) is 48.4 Å². The molecule has 0 aliphatic carbocycles. The molecule has 122 valence electrons. The quantitative estimate of drug-likeness (QED) is 0.602. The first-order valence-electron chi connectivity index (χ1n) is 7.55. The zero-order chi connectivity index (χ0) is 17.1. The monoisotopic (exact) mass is 385 g/mol. The Morgan fingerprint density at radius 3 is 2.58 bits per heavy atom. The third kappa shape index (κ3) is 3.12. The van der Waals surface area contributed by atoms with E-state index in [1.165, 1.54) is 0 Å². The molecule has 1 aromatic heterocycles. The van der Waals surface area contributed by atoms with Crippen molar-refractivity contribution in [1.29, 1.82) is 0 Å². The van der Waals surface area contributed by atoms with Crippen molar-refractivity contribution in [2.24, 2.45) is 0 Å². The van der Waals surface area contributed by atoms with E-state index in [4.69, 9.17) is 9.47 Å². The number of methoxy groups -OCH3 is 1. The van der Waals surface area contributed by atoms with Gasteiger partial charge in [0, 0.05) is 9.86 Å². The molecule has 4 nitrogen and oxygen atoms in total. The van der Waals surface area contributed by atoms with Crippen molar-refractivity contribution >= 4 is 32.8 Å². The number of hydrogen-bond acceptors (Lipinski definition) is 4. The maximum absolute atomic E-state index is 12.2. The maximum Gasteiger partial charge on any atom is 0.356 e. The van der Waals surface area contributed by atoms with E-state index in [9.17, 15) is 4.79 Å². The van der Waals surface area contributed by atoms with Crippen LogP contribution >= 0.6 is 15.9 Å². The molecule has 0 amide bonds. The van der Waals surface area contributed by atoms with Gasteiger partial charge in [-0.05, 0) is 52.2 Å². The predicted octanol–water partition coefficient (Wildman–Crippen LogP) is 4.85. The fourth-order valence-electron chi connectivity index (χ4n) is 2.54. The molecule has 0 radical (unpaired) electrons. The van der Waals surface area contributed by atoms with Gasteiger partial charge in [-0.3, -0.25) is 0 Å². The molecule has 1 heterocycles. The van der Waals surface area contributed by atoms with Gasteiger partial charge in [-0.15, -0.1) is 0 Å². The van der Waals surface area contributed by atoms with Crippen molar-refractivity contribution in [3.05, 3.63) is 58.7 Å². The Morgan fingerprint density at radius 2 is 1.92 bits per heavy atom. The zero-order valence-corrected chi connectivity index (χ0v) is 15.0. The van der Waals surface area contributed by atoms with Gasteiger partial charge in [-0.2, -0.15) is 0 Å². The van der Waals surface area contributed by atoms with Crippen LogP contribution in [0.3, 0.4) is 0 Å². The van der Waals surface area contributed by atoms with Crippen LogP contribution < -0.4 is 4.74 Å². The highest BCUT2D eigenvalue weighted by molar-refractivity contribution is 9.10. The summed E-state index contributed by atoms with van der Waals surface area (Å²) < 4.78 is 11.2. The van der Waals surface area contributed by atoms with Gasteiger partial charge in [0.25, 0.3) is 0 Å². The molecule has 3 aromatic rings. The Labute approximate surface area is 148 Å². The zero-order valence-electron chi connectivity index (χ0n) is 13.4. The van der Waals surface area contributed by atoms with Gasteiger partial charge >= 0.3 is 5.97 Å². The van der Waals surface area contributed by atoms with Gasteiger partial charge in [0.2, 0.25) is 0 Å². The van der Waals surface area contributed by atoms with Gasteiger partial charge in [-0.1, -0.05) is 30.3 Å². The van der Waals surface area contributed by atoms with E-state index < -0.39 is 5.97 Å². The van der Waals surface area contributed by atoms with Gasteiger partial charge in [0.15, 0.2) is 0 Å². The molecule has 0 fully saturated rings. The highest BCUT2D eigenvalue weighted by Crippen LogP contribution is 2.35. The van der Waals surface area contributed by atoms with E-state index in [0.717, 1.165) is 26.7 Å². The normalized spacial score (nSPS) is 10.6. The lowest BCUT2D eigenvalue weighted by molar-refractivity contribution is 0.0520. The first kappa shape index (κ1) is 16.5. The van der Waals surface area contributed by atoms with E-state index in [1.54, 1.807) is 20.1 Å². The number of carbonyl (C=O) groups excluding carboxylic acids is 1. The van der Waals surface area contributed by atoms with Crippen LogP contribution in [0, 0.1) is 0 Å². The minimum Gasteiger partial charge on any atom is -0.497 e. The largest absolute Gasteiger partial charge is 0.497 e. The highest BCUT2D eigenvalue weighted by atomic mass is 79.9. The molecule has 0 saturated heterocycles. The van der Waals surface area contributed by atoms with Crippen LogP contribution in [0.25, 0.3) is 22.0 Å². The van der Waals surface area contributed by atoms with Crippen LogP contribution in [0.4, 0.5) is 0 Å². The lowest BCUT2D eigenvalue weighted by Crippen LogP contribution is -2.08. The van der Waals surface area contributed by atoms with E-state index in [-0.39, 0.29) is 5.69 Å². The molecule has 0 atom stereocenters. The summed E-state index contributed by atoms with van der Waals surface area (Å²) in [5, 5.41) is 0.903. The fourth-order valence-corrected chi connectivity index (χ4v) is 3.07. The smallest absolute Gasteiger partial charge is 0.356 e. The average Bonchev–Trinajstić information content (AvgIpc) is 2.61. The van der Waals surface area contributed by atoms with Crippen molar-refractivity contribution in [3.8, 4) is 16.9 Å². The molecule has 0 saturated carbocycles. The number of benzene rings is 2. The minimum atomic E-state index is -0.431. The number of fused-ring (bicyclic) bond motifs is 1. The summed E-state index contributed by atoms with van der Waals surface area (Å²) in [7, 11) is 1.62. The molecular weight excluding hydrogens is 370 g/mol. The molecule has 0 spiro atoms. The summed E-state index contributed by atoms with van der Waals surface area (Å²) in [5.41, 5.74) is 2.88. The standard InChI is InChI=1S/C19H16BrNO3/c1-3-24-19(22)17-11-14(12-7-5-4-6-8-12)15-9-13(23-2)10-16(20)18(15)21-17/h4-11H,3H2,1-2H3. The van der Waals surface area contributed by atoms with Gasteiger partial charge in [-0.25, -0.2) is 9.78 Å². The molecule has 0 N–H and O–H groups in total. The summed E-state index contributed by atoms with van der Waals surface area (Å²) in [6.45, 7) is 2.08. The molecule has 0 aliphatic rings. The van der Waals surface area contributed by atoms with Crippen LogP contribution in [0.5, 0.6) is 5.75 Å². The summed E-state index contributed by atoms with van der Waals surface area (Å²) >= 11 is 3.52. The van der Waals surface area contributed by atoms with Crippen molar-refractivity contribution in [2.75, 3.05) is 13.7 Å². The second-order valence-electron chi connectivity index (χ2n) is 5.15. The van der Waals surface area contributed by atoms with Crippen LogP contribution in [0.1, 0.15) is 17.4 Å². The number of esters is 1. The van der Waals surface area contributed by atoms with Crippen molar-refractivity contribution in [3.63, 3.8) is 0 Å². The Balaban J connectivity index is 2.32.